The average molecular weight is 401 g/mol. The number of nitrogens with zero attached hydrogens (tertiary/aromatic N) is 2. The second kappa shape index (κ2) is 8.52. The summed E-state index contributed by atoms with van der Waals surface area (Å²) >= 11 is 1.28. The van der Waals surface area contributed by atoms with Crippen molar-refractivity contribution >= 4 is 34.3 Å². The molecule has 2 aromatic rings. The van der Waals surface area contributed by atoms with E-state index >= 15 is 0 Å². The Labute approximate surface area is 167 Å². The first-order chi connectivity index (χ1) is 13.4. The van der Waals surface area contributed by atoms with E-state index in [1.807, 2.05) is 38.1 Å². The molecule has 0 unspecified atom stereocenters. The fourth-order valence-corrected chi connectivity index (χ4v) is 4.10. The quantitative estimate of drug-likeness (QED) is 0.718. The Morgan fingerprint density at radius 2 is 2.07 bits per heavy atom. The summed E-state index contributed by atoms with van der Waals surface area (Å²) in [6.45, 7) is 5.01. The van der Waals surface area contributed by atoms with Gasteiger partial charge in [0.25, 0.3) is 5.91 Å². The molecule has 1 aliphatic rings. The lowest BCUT2D eigenvalue weighted by Crippen LogP contribution is -2.26. The van der Waals surface area contributed by atoms with Gasteiger partial charge in [-0.2, -0.15) is 0 Å². The topological polar surface area (TPSA) is 88.6 Å². The predicted molar refractivity (Wildman–Crippen MR) is 107 cm³/mol. The van der Waals surface area contributed by atoms with Crippen LogP contribution in [0.5, 0.6) is 0 Å². The van der Waals surface area contributed by atoms with Crippen molar-refractivity contribution in [1.82, 2.24) is 9.88 Å². The molecule has 0 saturated heterocycles. The number of esters is 1. The maximum atomic E-state index is 12.3. The van der Waals surface area contributed by atoms with Crippen molar-refractivity contribution in [2.45, 2.75) is 39.2 Å². The molecule has 28 heavy (non-hydrogen) atoms. The zero-order chi connectivity index (χ0) is 20.3. The number of methoxy groups -OCH3 is 1. The van der Waals surface area contributed by atoms with Crippen LogP contribution >= 0.6 is 11.3 Å². The van der Waals surface area contributed by atoms with E-state index in [4.69, 9.17) is 4.74 Å². The maximum absolute atomic E-state index is 12.3. The Balaban J connectivity index is 1.53. The van der Waals surface area contributed by atoms with Crippen molar-refractivity contribution in [2.75, 3.05) is 19.0 Å². The van der Waals surface area contributed by atoms with Crippen LogP contribution in [0.1, 0.15) is 63.9 Å². The summed E-state index contributed by atoms with van der Waals surface area (Å²) in [5.41, 5.74) is 2.01. The molecule has 0 spiro atoms. The smallest absolute Gasteiger partial charge is 0.357 e. The fourth-order valence-electron chi connectivity index (χ4n) is 3.13. The number of aromatic nitrogens is 1. The van der Waals surface area contributed by atoms with Crippen LogP contribution in [0.25, 0.3) is 0 Å². The summed E-state index contributed by atoms with van der Waals surface area (Å²) in [7, 11) is 1.31. The number of carbonyl (C=O) groups is 3. The van der Waals surface area contributed by atoms with Crippen LogP contribution in [-0.4, -0.2) is 41.3 Å². The molecular weight excluding hydrogens is 378 g/mol. The molecule has 2 amide bonds. The van der Waals surface area contributed by atoms with Gasteiger partial charge in [-0.25, -0.2) is 9.78 Å². The van der Waals surface area contributed by atoms with Crippen molar-refractivity contribution in [2.24, 2.45) is 0 Å². The zero-order valence-corrected chi connectivity index (χ0v) is 17.0. The van der Waals surface area contributed by atoms with Crippen LogP contribution in [0.2, 0.25) is 0 Å². The summed E-state index contributed by atoms with van der Waals surface area (Å²) < 4.78 is 4.76. The van der Waals surface area contributed by atoms with Gasteiger partial charge in [0, 0.05) is 30.0 Å². The molecule has 7 nitrogen and oxygen atoms in total. The number of anilines is 1. The Hall–Kier alpha value is -2.74. The number of amides is 2. The van der Waals surface area contributed by atoms with Gasteiger partial charge in [-0.1, -0.05) is 32.0 Å². The number of thiazole rings is 1. The minimum atomic E-state index is -0.507. The molecule has 0 aliphatic carbocycles. The van der Waals surface area contributed by atoms with E-state index in [0.717, 1.165) is 16.0 Å². The van der Waals surface area contributed by atoms with Crippen molar-refractivity contribution in [1.29, 1.82) is 0 Å². The molecular formula is C20H23N3O4S. The predicted octanol–water partition coefficient (Wildman–Crippen LogP) is 3.43. The number of hydrogen-bond acceptors (Lipinski definition) is 6. The van der Waals surface area contributed by atoms with Gasteiger partial charge in [0.2, 0.25) is 5.91 Å². The van der Waals surface area contributed by atoms with Crippen LogP contribution in [0.4, 0.5) is 5.13 Å². The highest BCUT2D eigenvalue weighted by molar-refractivity contribution is 7.16. The van der Waals surface area contributed by atoms with Crippen molar-refractivity contribution in [3.05, 3.63) is 46.0 Å². The fraction of sp³-hybridized carbons (Fsp3) is 0.400. The minimum Gasteiger partial charge on any atom is -0.464 e. The van der Waals surface area contributed by atoms with Gasteiger partial charge in [0.1, 0.15) is 0 Å². The second-order valence-corrected chi connectivity index (χ2v) is 7.94. The number of benzene rings is 1. The van der Waals surface area contributed by atoms with E-state index in [9.17, 15) is 14.4 Å². The van der Waals surface area contributed by atoms with Crippen LogP contribution in [0.3, 0.4) is 0 Å². The van der Waals surface area contributed by atoms with Gasteiger partial charge in [-0.3, -0.25) is 9.59 Å². The molecule has 0 radical (unpaired) electrons. The number of ether oxygens (including phenoxy) is 1. The lowest BCUT2D eigenvalue weighted by Gasteiger charge is -2.14. The summed E-state index contributed by atoms with van der Waals surface area (Å²) in [6, 6.07) is 7.56. The molecule has 1 aromatic carbocycles. The van der Waals surface area contributed by atoms with E-state index in [1.54, 1.807) is 4.90 Å². The van der Waals surface area contributed by atoms with Gasteiger partial charge in [0.15, 0.2) is 10.8 Å². The first kappa shape index (κ1) is 20.0. The molecule has 8 heteroatoms. The largest absolute Gasteiger partial charge is 0.464 e. The normalized spacial score (nSPS) is 13.0. The van der Waals surface area contributed by atoms with E-state index in [-0.39, 0.29) is 29.8 Å². The SMILES string of the molecule is COC(=O)c1nc(NC(=O)CCCN2Cc3ccccc3C2=O)sc1C(C)C. The zero-order valence-electron chi connectivity index (χ0n) is 16.2. The molecule has 0 bridgehead atoms. The van der Waals surface area contributed by atoms with Crippen molar-refractivity contribution < 1.29 is 19.1 Å². The Bertz CT molecular complexity index is 907. The van der Waals surface area contributed by atoms with Gasteiger partial charge < -0.3 is 15.0 Å². The summed E-state index contributed by atoms with van der Waals surface area (Å²) in [5.74, 6) is -0.586. The number of rotatable bonds is 7. The minimum absolute atomic E-state index is 0.0141. The molecule has 2 heterocycles. The van der Waals surface area contributed by atoms with Gasteiger partial charge >= 0.3 is 5.97 Å². The Morgan fingerprint density at radius 1 is 1.32 bits per heavy atom. The van der Waals surface area contributed by atoms with Crippen LogP contribution in [0.15, 0.2) is 24.3 Å². The Morgan fingerprint density at radius 3 is 2.75 bits per heavy atom. The van der Waals surface area contributed by atoms with Gasteiger partial charge in [-0.15, -0.1) is 11.3 Å². The highest BCUT2D eigenvalue weighted by Gasteiger charge is 2.26. The molecule has 1 aromatic heterocycles. The standard InChI is InChI=1S/C20H23N3O4S/c1-12(2)17-16(19(26)27-3)22-20(28-17)21-15(24)9-6-10-23-11-13-7-4-5-8-14(13)18(23)25/h4-5,7-8,12H,6,9-11H2,1-3H3,(H,21,22,24). The maximum Gasteiger partial charge on any atom is 0.357 e. The van der Waals surface area contributed by atoms with E-state index in [1.165, 1.54) is 18.4 Å². The average Bonchev–Trinajstić information content (AvgIpc) is 3.23. The first-order valence-electron chi connectivity index (χ1n) is 9.16. The van der Waals surface area contributed by atoms with Crippen LogP contribution in [-0.2, 0) is 16.1 Å². The molecule has 3 rings (SSSR count). The number of nitrogens with one attached hydrogen (secondary N) is 1. The number of hydrogen-bond donors (Lipinski definition) is 1. The lowest BCUT2D eigenvalue weighted by molar-refractivity contribution is -0.116. The molecule has 0 fully saturated rings. The molecule has 1 N–H and O–H groups in total. The third kappa shape index (κ3) is 4.22. The van der Waals surface area contributed by atoms with Crippen LogP contribution < -0.4 is 5.32 Å². The second-order valence-electron chi connectivity index (χ2n) is 6.91. The Kier molecular flexibility index (Phi) is 6.08. The molecule has 0 atom stereocenters. The number of fused-ring (bicyclic) bond motifs is 1. The third-order valence-corrected chi connectivity index (χ3v) is 5.80. The molecule has 1 aliphatic heterocycles. The third-order valence-electron chi connectivity index (χ3n) is 4.53. The monoisotopic (exact) mass is 401 g/mol. The van der Waals surface area contributed by atoms with Gasteiger partial charge in [0.05, 0.1) is 7.11 Å². The van der Waals surface area contributed by atoms with Gasteiger partial charge in [-0.05, 0) is 24.0 Å². The molecule has 148 valence electrons. The first-order valence-corrected chi connectivity index (χ1v) is 9.98. The van der Waals surface area contributed by atoms with Crippen molar-refractivity contribution in [3.63, 3.8) is 0 Å². The lowest BCUT2D eigenvalue weighted by atomic mass is 10.1. The van der Waals surface area contributed by atoms with E-state index in [0.29, 0.717) is 24.6 Å². The van der Waals surface area contributed by atoms with Crippen molar-refractivity contribution in [3.8, 4) is 0 Å². The highest BCUT2D eigenvalue weighted by Crippen LogP contribution is 2.30. The summed E-state index contributed by atoms with van der Waals surface area (Å²) in [5, 5.41) is 3.14. The number of carbonyl (C=O) groups excluding carboxylic acids is 3. The summed E-state index contributed by atoms with van der Waals surface area (Å²) in [4.78, 5) is 43.2. The molecule has 0 saturated carbocycles. The highest BCUT2D eigenvalue weighted by atomic mass is 32.1. The van der Waals surface area contributed by atoms with E-state index < -0.39 is 5.97 Å². The van der Waals surface area contributed by atoms with Crippen LogP contribution in [0, 0.1) is 0 Å². The summed E-state index contributed by atoms with van der Waals surface area (Å²) in [6.07, 6.45) is 0.822. The van der Waals surface area contributed by atoms with E-state index in [2.05, 4.69) is 10.3 Å².